The van der Waals surface area contributed by atoms with Crippen molar-refractivity contribution in [3.8, 4) is 5.88 Å². The first-order chi connectivity index (χ1) is 23.8. The molecule has 1 atom stereocenters. The molecule has 0 radical (unpaired) electrons. The van der Waals surface area contributed by atoms with Gasteiger partial charge in [0.2, 0.25) is 5.88 Å². The fourth-order valence-electron chi connectivity index (χ4n) is 6.14. The zero-order chi connectivity index (χ0) is 34.0. The fourth-order valence-corrected chi connectivity index (χ4v) is 7.13. The van der Waals surface area contributed by atoms with E-state index >= 15 is 0 Å². The third kappa shape index (κ3) is 6.75. The van der Waals surface area contributed by atoms with Crippen LogP contribution in [0.15, 0.2) is 90.1 Å². The van der Waals surface area contributed by atoms with Crippen LogP contribution in [0.3, 0.4) is 0 Å². The highest BCUT2D eigenvalue weighted by atomic mass is 32.2. The van der Waals surface area contributed by atoms with Crippen LogP contribution in [0.1, 0.15) is 41.4 Å². The van der Waals surface area contributed by atoms with Crippen molar-refractivity contribution >= 4 is 49.7 Å². The van der Waals surface area contributed by atoms with E-state index in [1.165, 1.54) is 18.2 Å². The highest BCUT2D eigenvalue weighted by molar-refractivity contribution is 7.90. The molecule has 5 heterocycles. The Labute approximate surface area is 281 Å². The maximum atomic E-state index is 13.8. The van der Waals surface area contributed by atoms with Crippen molar-refractivity contribution in [1.82, 2.24) is 19.7 Å². The summed E-state index contributed by atoms with van der Waals surface area (Å²) < 4.78 is 40.9. The molecule has 3 N–H and O–H groups in total. The summed E-state index contributed by atoms with van der Waals surface area (Å²) in [4.78, 5) is 38.9. The molecule has 252 valence electrons. The lowest BCUT2D eigenvalue weighted by Crippen LogP contribution is -2.32. The number of hydrogen-bond acceptors (Lipinski definition) is 11. The first-order valence-electron chi connectivity index (χ1n) is 15.9. The molecule has 1 amide bonds. The summed E-state index contributed by atoms with van der Waals surface area (Å²) in [5.74, 6) is -0.294. The molecule has 7 rings (SSSR count). The van der Waals surface area contributed by atoms with E-state index in [1.54, 1.807) is 30.6 Å². The van der Waals surface area contributed by atoms with Gasteiger partial charge in [0.05, 0.1) is 26.8 Å². The summed E-state index contributed by atoms with van der Waals surface area (Å²) in [5.41, 5.74) is 2.23. The second-order valence-electron chi connectivity index (χ2n) is 11.9. The third-order valence-corrected chi connectivity index (χ3v) is 10.1. The van der Waals surface area contributed by atoms with Crippen LogP contribution in [-0.2, 0) is 14.8 Å². The first-order valence-corrected chi connectivity index (χ1v) is 17.3. The number of aromatic nitrogens is 3. The molecule has 15 heteroatoms. The van der Waals surface area contributed by atoms with E-state index in [-0.39, 0.29) is 17.2 Å². The number of nitro benzene ring substituents is 1. The first kappa shape index (κ1) is 32.0. The molecule has 0 spiro atoms. The molecule has 14 nitrogen and oxygen atoms in total. The molecule has 1 fully saturated rings. The van der Waals surface area contributed by atoms with Crippen LogP contribution >= 0.6 is 0 Å². The van der Waals surface area contributed by atoms with Crippen molar-refractivity contribution in [2.24, 2.45) is 5.92 Å². The van der Waals surface area contributed by atoms with E-state index in [9.17, 15) is 23.3 Å². The van der Waals surface area contributed by atoms with Gasteiger partial charge >= 0.3 is 0 Å². The summed E-state index contributed by atoms with van der Waals surface area (Å²) in [6.45, 7) is 2.14. The topological polar surface area (TPSA) is 182 Å². The van der Waals surface area contributed by atoms with Crippen LogP contribution in [-0.4, -0.2) is 60.5 Å². The number of nitrogens with one attached hydrogen (secondary N) is 3. The molecule has 2 aromatic carbocycles. The number of amides is 1. The van der Waals surface area contributed by atoms with Crippen molar-refractivity contribution in [2.75, 3.05) is 36.5 Å². The van der Waals surface area contributed by atoms with Crippen LogP contribution in [0.5, 0.6) is 5.88 Å². The van der Waals surface area contributed by atoms with Crippen molar-refractivity contribution in [2.45, 2.75) is 30.3 Å². The molecule has 0 saturated carbocycles. The number of benzene rings is 2. The molecule has 2 aliphatic rings. The van der Waals surface area contributed by atoms with Crippen molar-refractivity contribution in [1.29, 1.82) is 0 Å². The molecule has 1 saturated heterocycles. The van der Waals surface area contributed by atoms with Gasteiger partial charge < -0.3 is 24.7 Å². The summed E-state index contributed by atoms with van der Waals surface area (Å²) in [6.07, 6.45) is 5.16. The number of nitrogens with zero attached hydrogens (tertiary/aromatic N) is 4. The SMILES string of the molecule is O=C(NS(=O)(=O)c1ccc(NCC2CCOCC2)c([N+](=O)[O-])c1)c1ccccc1N1CCC(c2ccccn2)Oc2nc3[nH]ccc3cc21. The number of rotatable bonds is 9. The average Bonchev–Trinajstić information content (AvgIpc) is 3.50. The number of para-hydroxylation sites is 1. The number of anilines is 3. The van der Waals surface area contributed by atoms with E-state index in [0.29, 0.717) is 55.6 Å². The van der Waals surface area contributed by atoms with Gasteiger partial charge in [-0.3, -0.25) is 19.9 Å². The Bertz CT molecular complexity index is 2120. The molecule has 3 aromatic heterocycles. The minimum absolute atomic E-state index is 0.0757. The van der Waals surface area contributed by atoms with Crippen molar-refractivity contribution in [3.63, 3.8) is 0 Å². The Morgan fingerprint density at radius 1 is 1.02 bits per heavy atom. The van der Waals surface area contributed by atoms with Gasteiger partial charge in [0, 0.05) is 56.6 Å². The lowest BCUT2D eigenvalue weighted by Gasteiger charge is -2.25. The van der Waals surface area contributed by atoms with Gasteiger partial charge in [0.25, 0.3) is 21.6 Å². The second-order valence-corrected chi connectivity index (χ2v) is 13.5. The number of hydrogen-bond donors (Lipinski definition) is 3. The zero-order valence-electron chi connectivity index (χ0n) is 26.2. The predicted molar refractivity (Wildman–Crippen MR) is 182 cm³/mol. The van der Waals surface area contributed by atoms with Gasteiger partial charge in [0.15, 0.2) is 0 Å². The van der Waals surface area contributed by atoms with Gasteiger partial charge in [0.1, 0.15) is 23.1 Å². The molecule has 0 aliphatic carbocycles. The average molecular weight is 684 g/mol. The summed E-state index contributed by atoms with van der Waals surface area (Å²) in [5, 5.41) is 15.9. The standard InChI is InChI=1S/C34H33N7O7S/c42-33(39-49(45,46)24-8-9-26(29(20-24)41(43)44)37-21-22-12-17-47-18-13-22)25-5-1-2-7-28(25)40-16-11-31(27-6-3-4-14-35-27)48-34-30(40)19-23-10-15-36-32(23)38-34/h1-10,14-15,19-20,22,31,37H,11-13,16-18,21H2,(H,36,38)(H,39,42). The number of H-pyrrole nitrogens is 1. The largest absolute Gasteiger partial charge is 0.466 e. The molecule has 2 aliphatic heterocycles. The summed E-state index contributed by atoms with van der Waals surface area (Å²) >= 11 is 0. The van der Waals surface area contributed by atoms with Gasteiger partial charge in [-0.15, -0.1) is 0 Å². The van der Waals surface area contributed by atoms with E-state index < -0.39 is 37.5 Å². The van der Waals surface area contributed by atoms with Gasteiger partial charge in [-0.05, 0) is 67.3 Å². The molecule has 49 heavy (non-hydrogen) atoms. The third-order valence-electron chi connectivity index (χ3n) is 8.72. The van der Waals surface area contributed by atoms with Crippen LogP contribution in [0, 0.1) is 16.0 Å². The number of fused-ring (bicyclic) bond motifs is 2. The normalized spacial score (nSPS) is 16.7. The molecule has 1 unspecified atom stereocenters. The van der Waals surface area contributed by atoms with Crippen molar-refractivity contribution in [3.05, 3.63) is 107 Å². The Morgan fingerprint density at radius 3 is 2.63 bits per heavy atom. The molecular weight excluding hydrogens is 650 g/mol. The molecule has 5 aromatic rings. The Kier molecular flexibility index (Phi) is 8.84. The van der Waals surface area contributed by atoms with Crippen molar-refractivity contribution < 1.29 is 27.6 Å². The van der Waals surface area contributed by atoms with Crippen LogP contribution in [0.4, 0.5) is 22.7 Å². The lowest BCUT2D eigenvalue weighted by molar-refractivity contribution is -0.384. The number of carbonyl (C=O) groups is 1. The fraction of sp³-hybridized carbons (Fsp3) is 0.265. The Hall–Kier alpha value is -5.54. The second kappa shape index (κ2) is 13.5. The van der Waals surface area contributed by atoms with Crippen LogP contribution in [0.2, 0.25) is 0 Å². The minimum Gasteiger partial charge on any atom is -0.466 e. The van der Waals surface area contributed by atoms with Gasteiger partial charge in [-0.25, -0.2) is 13.1 Å². The maximum Gasteiger partial charge on any atom is 0.293 e. The molecular formula is C34H33N7O7S. The van der Waals surface area contributed by atoms with Gasteiger partial charge in [-0.2, -0.15) is 4.98 Å². The highest BCUT2D eigenvalue weighted by Crippen LogP contribution is 2.42. The van der Waals surface area contributed by atoms with E-state index in [2.05, 4.69) is 20.0 Å². The number of carbonyl (C=O) groups excluding carboxylic acids is 1. The summed E-state index contributed by atoms with van der Waals surface area (Å²) in [7, 11) is -4.51. The summed E-state index contributed by atoms with van der Waals surface area (Å²) in [6, 6.07) is 19.5. The number of sulfonamides is 1. The highest BCUT2D eigenvalue weighted by Gasteiger charge is 2.31. The van der Waals surface area contributed by atoms with Crippen LogP contribution < -0.4 is 19.7 Å². The lowest BCUT2D eigenvalue weighted by atomic mass is 10.0. The number of aromatic amines is 1. The number of ether oxygens (including phenoxy) is 2. The van der Waals surface area contributed by atoms with Crippen LogP contribution in [0.25, 0.3) is 11.0 Å². The van der Waals surface area contributed by atoms with Gasteiger partial charge in [-0.1, -0.05) is 18.2 Å². The zero-order valence-corrected chi connectivity index (χ0v) is 27.1. The number of pyridine rings is 2. The van der Waals surface area contributed by atoms with E-state index in [1.807, 2.05) is 35.2 Å². The van der Waals surface area contributed by atoms with E-state index in [0.717, 1.165) is 30.0 Å². The van der Waals surface area contributed by atoms with E-state index in [4.69, 9.17) is 14.5 Å². The minimum atomic E-state index is -4.51. The number of nitro groups is 1. The Balaban J connectivity index is 1.17. The maximum absolute atomic E-state index is 13.8. The quantitative estimate of drug-likeness (QED) is 0.132. The Morgan fingerprint density at radius 2 is 1.84 bits per heavy atom. The predicted octanol–water partition coefficient (Wildman–Crippen LogP) is 5.49. The smallest absolute Gasteiger partial charge is 0.293 e. The monoisotopic (exact) mass is 683 g/mol. The molecule has 0 bridgehead atoms.